The van der Waals surface area contributed by atoms with Crippen LogP contribution in [0.15, 0.2) is 9.40 Å². The first-order chi connectivity index (χ1) is 3.91. The molecule has 0 aromatic carbocycles. The van der Waals surface area contributed by atoms with Gasteiger partial charge < -0.3 is 0 Å². The summed E-state index contributed by atoms with van der Waals surface area (Å²) in [6.07, 6.45) is 2.06. The third kappa shape index (κ3) is 145. The molecule has 9 heavy (non-hydrogen) atoms. The van der Waals surface area contributed by atoms with Crippen LogP contribution < -0.4 is 0 Å². The van der Waals surface area contributed by atoms with Crippen LogP contribution >= 0.6 is 0 Å². The topological polar surface area (TPSA) is 74.6 Å². The normalized spacial score (nSPS) is 10.8. The van der Waals surface area contributed by atoms with E-state index in [9.17, 15) is 0 Å². The quantitative estimate of drug-likeness (QED) is 0.389. The molecule has 0 aliphatic rings. The number of allylic oxidation sites excluding steroid dienone is 1. The Labute approximate surface area is 72.0 Å². The van der Waals surface area contributed by atoms with Gasteiger partial charge in [-0.25, -0.2) is 0 Å². The predicted octanol–water partition coefficient (Wildman–Crippen LogP) is 0.0357. The Bertz CT molecular complexity index is 147. The molecule has 4 nitrogen and oxygen atoms in total. The van der Waals surface area contributed by atoms with Crippen molar-refractivity contribution < 1.29 is 17.5 Å². The van der Waals surface area contributed by atoms with Gasteiger partial charge in [0.1, 0.15) is 0 Å². The van der Waals surface area contributed by atoms with E-state index in [1.54, 1.807) is 0 Å². The molecular formula is C3H7NaO4S. The molecule has 0 rings (SSSR count). The largest absolute Gasteiger partial charge is 0.394 e. The molecule has 0 amide bonds. The van der Waals surface area contributed by atoms with Crippen LogP contribution in [0, 0.1) is 0 Å². The Morgan fingerprint density at radius 1 is 1.44 bits per heavy atom. The average molecular weight is 162 g/mol. The van der Waals surface area contributed by atoms with Crippen molar-refractivity contribution in [2.24, 2.45) is 0 Å². The van der Waals surface area contributed by atoms with E-state index >= 15 is 0 Å². The maximum atomic E-state index is 8.74. The van der Waals surface area contributed by atoms with Crippen molar-refractivity contribution in [3.8, 4) is 0 Å². The van der Waals surface area contributed by atoms with E-state index in [4.69, 9.17) is 17.5 Å². The van der Waals surface area contributed by atoms with E-state index in [1.165, 1.54) is 27.9 Å². The number of rotatable bonds is 0. The monoisotopic (exact) mass is 162 g/mol. The molecule has 0 heterocycles. The molecule has 2 N–H and O–H groups in total. The van der Waals surface area contributed by atoms with Gasteiger partial charge in [0.05, 0.1) is 0 Å². The van der Waals surface area contributed by atoms with Crippen molar-refractivity contribution in [2.45, 2.75) is 6.92 Å². The van der Waals surface area contributed by atoms with E-state index in [2.05, 4.69) is 9.40 Å². The Morgan fingerprint density at radius 2 is 1.56 bits per heavy atom. The minimum absolute atomic E-state index is 1.21. The van der Waals surface area contributed by atoms with Gasteiger partial charge in [0.2, 0.25) is 0 Å². The van der Waals surface area contributed by atoms with Crippen molar-refractivity contribution in [1.29, 1.82) is 0 Å². The van der Waals surface area contributed by atoms with Gasteiger partial charge in [0.25, 0.3) is 0 Å². The van der Waals surface area contributed by atoms with Crippen molar-refractivity contribution in [1.82, 2.24) is 0 Å². The molecule has 0 aromatic rings. The number of hydrogen-bond acceptors (Lipinski definition) is 2. The van der Waals surface area contributed by atoms with Gasteiger partial charge in [0, 0.05) is 0 Å². The predicted molar refractivity (Wildman–Crippen MR) is 34.7 cm³/mol. The van der Waals surface area contributed by atoms with Crippen molar-refractivity contribution in [3.05, 3.63) is 9.40 Å². The van der Waals surface area contributed by atoms with Crippen LogP contribution in [0.5, 0.6) is 0 Å². The Hall–Kier alpha value is 0.610. The Morgan fingerprint density at radius 3 is 1.56 bits per heavy atom. The van der Waals surface area contributed by atoms with E-state index in [0.717, 1.165) is 0 Å². The first-order valence-corrected chi connectivity index (χ1v) is 4.74. The van der Waals surface area contributed by atoms with Crippen molar-refractivity contribution in [2.75, 3.05) is 0 Å². The van der Waals surface area contributed by atoms with E-state index in [0.29, 0.717) is 0 Å². The van der Waals surface area contributed by atoms with Crippen LogP contribution in [0.4, 0.5) is 0 Å². The van der Waals surface area contributed by atoms with E-state index in [1.807, 2.05) is 6.92 Å². The van der Waals surface area contributed by atoms with E-state index in [-0.39, 0.29) is 0 Å². The van der Waals surface area contributed by atoms with Gasteiger partial charge in [-0.1, -0.05) is 0 Å². The van der Waals surface area contributed by atoms with Crippen LogP contribution in [0.1, 0.15) is 6.92 Å². The molecule has 0 fully saturated rings. The van der Waals surface area contributed by atoms with Gasteiger partial charge in [-0.05, 0) is 0 Å². The zero-order valence-electron chi connectivity index (χ0n) is 5.27. The fourth-order valence-corrected chi connectivity index (χ4v) is 0. The molecular weight excluding hydrogens is 155 g/mol. The zero-order valence-corrected chi connectivity index (χ0v) is 8.09. The van der Waals surface area contributed by atoms with Crippen molar-refractivity contribution in [3.63, 3.8) is 0 Å². The molecule has 0 saturated heterocycles. The second kappa shape index (κ2) is 6.73. The zero-order chi connectivity index (χ0) is 7.91. The molecule has 0 saturated carbocycles. The third-order valence-corrected chi connectivity index (χ3v) is 1.00. The molecule has 0 aromatic heterocycles. The summed E-state index contributed by atoms with van der Waals surface area (Å²) in [7, 11) is -4.67. The van der Waals surface area contributed by atoms with Crippen LogP contribution in [-0.4, -0.2) is 45.5 Å². The maximum Gasteiger partial charge on any atom is 0.394 e. The number of hydrogen-bond donors (Lipinski definition) is 2. The van der Waals surface area contributed by atoms with E-state index < -0.39 is 10.4 Å². The Kier molecular flexibility index (Phi) is 9.19. The van der Waals surface area contributed by atoms with Crippen LogP contribution in [-0.2, 0) is 10.4 Å². The van der Waals surface area contributed by atoms with Crippen LogP contribution in [0.25, 0.3) is 0 Å². The molecule has 0 unspecified atom stereocenters. The maximum absolute atomic E-state index is 8.74. The molecule has 0 aliphatic heterocycles. The first kappa shape index (κ1) is 12.3. The molecule has 0 bridgehead atoms. The first-order valence-electron chi connectivity index (χ1n) is 2.19. The van der Waals surface area contributed by atoms with Gasteiger partial charge in [-0.2, -0.15) is 8.42 Å². The molecule has 6 heteroatoms. The van der Waals surface area contributed by atoms with Crippen LogP contribution in [0.3, 0.4) is 0 Å². The minimum atomic E-state index is -4.67. The van der Waals surface area contributed by atoms with Gasteiger partial charge >= 0.3 is 54.7 Å². The van der Waals surface area contributed by atoms with Crippen molar-refractivity contribution >= 4 is 38.3 Å². The average Bonchev–Trinajstić information content (AvgIpc) is 1.61. The molecule has 0 radical (unpaired) electrons. The summed E-state index contributed by atoms with van der Waals surface area (Å²) in [5.41, 5.74) is 0. The summed E-state index contributed by atoms with van der Waals surface area (Å²) in [6.45, 7) is 2.03. The summed E-state index contributed by atoms with van der Waals surface area (Å²) in [4.78, 5) is 0. The van der Waals surface area contributed by atoms with Crippen LogP contribution in [0.2, 0.25) is 0 Å². The fraction of sp³-hybridized carbons (Fsp3) is 0.333. The van der Waals surface area contributed by atoms with Gasteiger partial charge in [0.15, 0.2) is 0 Å². The summed E-state index contributed by atoms with van der Waals surface area (Å²) < 4.78 is 33.7. The summed E-state index contributed by atoms with van der Waals surface area (Å²) in [6, 6.07) is 0. The summed E-state index contributed by atoms with van der Waals surface area (Å²) in [5.74, 6) is 0. The summed E-state index contributed by atoms with van der Waals surface area (Å²) in [5, 5.41) is 0. The third-order valence-electron chi connectivity index (χ3n) is 0.333. The standard InChI is InChI=1S/C3H5.Na.H2O4S/c1-3-2;;1-5(2,3)4/h1,3H,2H3;;(H2,1,2,3,4). The SMILES string of the molecule is CC=[CH][Na].O=S(=O)(O)O. The molecule has 0 atom stereocenters. The molecule has 0 aliphatic carbocycles. The second-order valence-electron chi connectivity index (χ2n) is 1.11. The minimum Gasteiger partial charge on any atom is -0.264 e. The fourth-order valence-electron chi connectivity index (χ4n) is 0. The Balaban J connectivity index is 0. The summed E-state index contributed by atoms with van der Waals surface area (Å²) >= 11 is 1.21. The molecule has 0 spiro atoms. The van der Waals surface area contributed by atoms with Gasteiger partial charge in [-0.3, -0.25) is 9.11 Å². The smallest absolute Gasteiger partial charge is 0.264 e. The second-order valence-corrected chi connectivity index (χ2v) is 2.68. The molecule has 50 valence electrons. The van der Waals surface area contributed by atoms with Gasteiger partial charge in [-0.15, -0.1) is 0 Å².